The molecule has 2 fully saturated rings. The number of nitrogens with one attached hydrogen (secondary N) is 2. The first-order valence-electron chi connectivity index (χ1n) is 10.2. The second kappa shape index (κ2) is 14.0. The number of halogens is 1. The van der Waals surface area contributed by atoms with E-state index >= 15 is 0 Å². The summed E-state index contributed by atoms with van der Waals surface area (Å²) in [5, 5.41) is 7.05. The minimum Gasteiger partial charge on any atom is -0.382 e. The normalized spacial score (nSPS) is 21.1. The molecule has 0 unspecified atom stereocenters. The molecule has 0 aromatic carbocycles. The summed E-state index contributed by atoms with van der Waals surface area (Å²) in [4.78, 5) is 7.07. The standard InChI is InChI=1S/C19H38N4O2.HI/c1-3-24-14-8-7-11-21-18(20-2)22-17-19(9-5-4-6-10-19)23-12-15-25-16-13-23;/h3-17H2,1-2H3,(H2,20,21,22);1H. The number of aliphatic imine (C=N–C) groups is 1. The number of nitrogens with zero attached hydrogens (tertiary/aromatic N) is 2. The molecule has 1 saturated carbocycles. The maximum Gasteiger partial charge on any atom is 0.191 e. The largest absolute Gasteiger partial charge is 0.382 e. The van der Waals surface area contributed by atoms with Crippen LogP contribution in [0.5, 0.6) is 0 Å². The van der Waals surface area contributed by atoms with Crippen LogP contribution in [0.1, 0.15) is 51.9 Å². The van der Waals surface area contributed by atoms with Gasteiger partial charge in [0.25, 0.3) is 0 Å². The number of hydrogen-bond donors (Lipinski definition) is 2. The van der Waals surface area contributed by atoms with Gasteiger partial charge in [-0.3, -0.25) is 9.89 Å². The lowest BCUT2D eigenvalue weighted by Crippen LogP contribution is -2.60. The third-order valence-corrected chi connectivity index (χ3v) is 5.49. The third-order valence-electron chi connectivity index (χ3n) is 5.49. The minimum absolute atomic E-state index is 0. The molecule has 2 aliphatic rings. The van der Waals surface area contributed by atoms with Crippen LogP contribution in [0.25, 0.3) is 0 Å². The fourth-order valence-corrected chi connectivity index (χ4v) is 4.00. The molecule has 1 aliphatic carbocycles. The quantitative estimate of drug-likeness (QED) is 0.229. The topological polar surface area (TPSA) is 58.1 Å². The summed E-state index contributed by atoms with van der Waals surface area (Å²) in [6, 6.07) is 0. The van der Waals surface area contributed by atoms with E-state index in [0.29, 0.717) is 0 Å². The second-order valence-corrected chi connectivity index (χ2v) is 7.14. The van der Waals surface area contributed by atoms with Crippen molar-refractivity contribution in [2.45, 2.75) is 57.4 Å². The van der Waals surface area contributed by atoms with Crippen LogP contribution in [0.3, 0.4) is 0 Å². The molecule has 0 atom stereocenters. The highest BCUT2D eigenvalue weighted by Gasteiger charge is 2.38. The number of unbranched alkanes of at least 4 members (excludes halogenated alkanes) is 1. The lowest BCUT2D eigenvalue weighted by atomic mass is 9.80. The molecule has 154 valence electrons. The Labute approximate surface area is 176 Å². The molecule has 0 amide bonds. The van der Waals surface area contributed by atoms with E-state index in [1.54, 1.807) is 0 Å². The van der Waals surface area contributed by atoms with Gasteiger partial charge in [-0.25, -0.2) is 0 Å². The number of rotatable bonds is 9. The van der Waals surface area contributed by atoms with Crippen LogP contribution >= 0.6 is 24.0 Å². The van der Waals surface area contributed by atoms with Crippen molar-refractivity contribution in [2.75, 3.05) is 59.7 Å². The van der Waals surface area contributed by atoms with Crippen molar-refractivity contribution in [2.24, 2.45) is 4.99 Å². The SMILES string of the molecule is CCOCCCCNC(=NC)NCC1(N2CCOCC2)CCCCC1.I. The molecule has 1 aliphatic heterocycles. The Bertz CT molecular complexity index is 384. The maximum absolute atomic E-state index is 5.57. The van der Waals surface area contributed by atoms with Crippen molar-refractivity contribution < 1.29 is 9.47 Å². The fraction of sp³-hybridized carbons (Fsp3) is 0.947. The molecule has 6 nitrogen and oxygen atoms in total. The second-order valence-electron chi connectivity index (χ2n) is 7.14. The Balaban J connectivity index is 0.00000338. The molecule has 7 heteroatoms. The Hall–Kier alpha value is -0.120. The van der Waals surface area contributed by atoms with Crippen molar-refractivity contribution in [3.63, 3.8) is 0 Å². The van der Waals surface area contributed by atoms with E-state index in [1.165, 1.54) is 32.1 Å². The van der Waals surface area contributed by atoms with E-state index in [0.717, 1.165) is 71.4 Å². The van der Waals surface area contributed by atoms with Gasteiger partial charge in [-0.05, 0) is 32.6 Å². The molecule has 0 aromatic rings. The van der Waals surface area contributed by atoms with E-state index in [4.69, 9.17) is 9.47 Å². The van der Waals surface area contributed by atoms with E-state index in [9.17, 15) is 0 Å². The van der Waals surface area contributed by atoms with E-state index in [-0.39, 0.29) is 29.5 Å². The van der Waals surface area contributed by atoms with E-state index < -0.39 is 0 Å². The highest BCUT2D eigenvalue weighted by molar-refractivity contribution is 14.0. The van der Waals surface area contributed by atoms with Crippen LogP contribution in [0, 0.1) is 0 Å². The van der Waals surface area contributed by atoms with E-state index in [2.05, 4.69) is 20.5 Å². The molecule has 0 spiro atoms. The van der Waals surface area contributed by atoms with Gasteiger partial charge in [0.15, 0.2) is 5.96 Å². The molecular weight excluding hydrogens is 443 g/mol. The van der Waals surface area contributed by atoms with Crippen molar-refractivity contribution in [1.82, 2.24) is 15.5 Å². The van der Waals surface area contributed by atoms with Gasteiger partial charge in [0.1, 0.15) is 0 Å². The molecule has 26 heavy (non-hydrogen) atoms. The molecule has 2 N–H and O–H groups in total. The zero-order valence-electron chi connectivity index (χ0n) is 16.7. The Morgan fingerprint density at radius 3 is 2.50 bits per heavy atom. The van der Waals surface area contributed by atoms with Crippen LogP contribution in [-0.2, 0) is 9.47 Å². The Morgan fingerprint density at radius 2 is 1.85 bits per heavy atom. The predicted octanol–water partition coefficient (Wildman–Crippen LogP) is 2.62. The van der Waals surface area contributed by atoms with Crippen LogP contribution in [0.4, 0.5) is 0 Å². The van der Waals surface area contributed by atoms with Crippen molar-refractivity contribution in [3.8, 4) is 0 Å². The first-order valence-corrected chi connectivity index (χ1v) is 10.2. The summed E-state index contributed by atoms with van der Waals surface area (Å²) < 4.78 is 11.0. The molecule has 0 aromatic heterocycles. The van der Waals surface area contributed by atoms with E-state index in [1.807, 2.05) is 14.0 Å². The lowest BCUT2D eigenvalue weighted by molar-refractivity contribution is -0.0352. The van der Waals surface area contributed by atoms with Crippen molar-refractivity contribution >= 4 is 29.9 Å². The lowest BCUT2D eigenvalue weighted by Gasteiger charge is -2.48. The molecule has 0 radical (unpaired) electrons. The summed E-state index contributed by atoms with van der Waals surface area (Å²) >= 11 is 0. The Morgan fingerprint density at radius 1 is 1.12 bits per heavy atom. The highest BCUT2D eigenvalue weighted by atomic mass is 127. The van der Waals surface area contributed by atoms with Crippen LogP contribution in [0.15, 0.2) is 4.99 Å². The van der Waals surface area contributed by atoms with Gasteiger partial charge < -0.3 is 20.1 Å². The first-order chi connectivity index (χ1) is 12.3. The van der Waals surface area contributed by atoms with Gasteiger partial charge in [-0.2, -0.15) is 0 Å². The van der Waals surface area contributed by atoms with Crippen molar-refractivity contribution in [1.29, 1.82) is 0 Å². The summed E-state index contributed by atoms with van der Waals surface area (Å²) in [6.07, 6.45) is 8.81. The molecule has 0 bridgehead atoms. The fourth-order valence-electron chi connectivity index (χ4n) is 4.00. The van der Waals surface area contributed by atoms with Gasteiger partial charge >= 0.3 is 0 Å². The number of guanidine groups is 1. The maximum atomic E-state index is 5.57. The van der Waals surface area contributed by atoms with Gasteiger partial charge in [0.05, 0.1) is 13.2 Å². The molecular formula is C19H39IN4O2. The Kier molecular flexibility index (Phi) is 12.8. The first kappa shape index (κ1) is 23.9. The van der Waals surface area contributed by atoms with Crippen LogP contribution < -0.4 is 10.6 Å². The smallest absolute Gasteiger partial charge is 0.191 e. The molecule has 1 heterocycles. The number of morpholine rings is 1. The number of ether oxygens (including phenoxy) is 2. The van der Waals surface area contributed by atoms with Gasteiger partial charge in [0.2, 0.25) is 0 Å². The zero-order valence-corrected chi connectivity index (χ0v) is 19.1. The average molecular weight is 482 g/mol. The summed E-state index contributed by atoms with van der Waals surface area (Å²) in [6.45, 7) is 9.48. The highest BCUT2D eigenvalue weighted by Crippen LogP contribution is 2.33. The van der Waals surface area contributed by atoms with Crippen LogP contribution in [0.2, 0.25) is 0 Å². The summed E-state index contributed by atoms with van der Waals surface area (Å²) in [7, 11) is 1.86. The van der Waals surface area contributed by atoms with Crippen LogP contribution in [-0.4, -0.2) is 76.1 Å². The average Bonchev–Trinajstić information content (AvgIpc) is 2.68. The predicted molar refractivity (Wildman–Crippen MR) is 119 cm³/mol. The zero-order chi connectivity index (χ0) is 17.8. The molecule has 1 saturated heterocycles. The minimum atomic E-state index is 0. The monoisotopic (exact) mass is 482 g/mol. The van der Waals surface area contributed by atoms with Gasteiger partial charge in [-0.1, -0.05) is 19.3 Å². The summed E-state index contributed by atoms with van der Waals surface area (Å²) in [5.41, 5.74) is 0.272. The summed E-state index contributed by atoms with van der Waals surface area (Å²) in [5.74, 6) is 0.926. The molecule has 2 rings (SSSR count). The van der Waals surface area contributed by atoms with Gasteiger partial charge in [-0.15, -0.1) is 24.0 Å². The third kappa shape index (κ3) is 7.86. The number of hydrogen-bond acceptors (Lipinski definition) is 4. The van der Waals surface area contributed by atoms with Crippen molar-refractivity contribution in [3.05, 3.63) is 0 Å². The van der Waals surface area contributed by atoms with Gasteiger partial charge in [0, 0.05) is 52.0 Å².